The van der Waals surface area contributed by atoms with Crippen LogP contribution < -0.4 is 0 Å². The van der Waals surface area contributed by atoms with E-state index in [1.54, 1.807) is 6.92 Å². The van der Waals surface area contributed by atoms with E-state index < -0.39 is 11.6 Å². The molecule has 0 N–H and O–H groups in total. The second-order valence-electron chi connectivity index (χ2n) is 3.36. The molecule has 1 aliphatic heterocycles. The summed E-state index contributed by atoms with van der Waals surface area (Å²) in [5.41, 5.74) is -0.756. The predicted octanol–water partition coefficient (Wildman–Crippen LogP) is 0.688. The second-order valence-corrected chi connectivity index (χ2v) is 3.36. The van der Waals surface area contributed by atoms with E-state index in [0.29, 0.717) is 13.0 Å². The Morgan fingerprint density at radius 2 is 2.23 bits per heavy atom. The molecule has 1 aliphatic rings. The molecule has 4 nitrogen and oxygen atoms in total. The summed E-state index contributed by atoms with van der Waals surface area (Å²) in [5.74, 6) is -0.682. The van der Waals surface area contributed by atoms with Gasteiger partial charge in [0.25, 0.3) is 0 Å². The van der Waals surface area contributed by atoms with Crippen LogP contribution >= 0.6 is 0 Å². The Hall–Kier alpha value is -0.900. The minimum Gasteiger partial charge on any atom is -0.469 e. The van der Waals surface area contributed by atoms with Gasteiger partial charge >= 0.3 is 5.97 Å². The largest absolute Gasteiger partial charge is 0.469 e. The third-order valence-electron chi connectivity index (χ3n) is 2.34. The molecule has 1 heterocycles. The van der Waals surface area contributed by atoms with Gasteiger partial charge < -0.3 is 9.47 Å². The lowest BCUT2D eigenvalue weighted by Crippen LogP contribution is -2.35. The molecule has 1 fully saturated rings. The van der Waals surface area contributed by atoms with Crippen LogP contribution in [0, 0.1) is 0 Å². The van der Waals surface area contributed by atoms with Gasteiger partial charge in [0.15, 0.2) is 5.78 Å². The normalized spacial score (nSPS) is 27.2. The van der Waals surface area contributed by atoms with Gasteiger partial charge in [0.05, 0.1) is 7.11 Å². The number of esters is 1. The fourth-order valence-electron chi connectivity index (χ4n) is 1.39. The van der Waals surface area contributed by atoms with Crippen LogP contribution in [-0.4, -0.2) is 31.1 Å². The summed E-state index contributed by atoms with van der Waals surface area (Å²) in [6.45, 7) is 2.33. The molecule has 13 heavy (non-hydrogen) atoms. The van der Waals surface area contributed by atoms with E-state index in [0.717, 1.165) is 6.42 Å². The highest BCUT2D eigenvalue weighted by Gasteiger charge is 2.38. The molecule has 0 bridgehead atoms. The summed E-state index contributed by atoms with van der Waals surface area (Å²) in [7, 11) is 1.27. The molecule has 0 aromatic heterocycles. The summed E-state index contributed by atoms with van der Waals surface area (Å²) < 4.78 is 9.70. The number of rotatable bonds is 3. The van der Waals surface area contributed by atoms with Crippen LogP contribution in [0.5, 0.6) is 0 Å². The van der Waals surface area contributed by atoms with Gasteiger partial charge in [-0.15, -0.1) is 0 Å². The van der Waals surface area contributed by atoms with Crippen molar-refractivity contribution in [3.05, 3.63) is 0 Å². The molecular weight excluding hydrogens is 172 g/mol. The van der Waals surface area contributed by atoms with Crippen molar-refractivity contribution in [3.8, 4) is 0 Å². The Kier molecular flexibility index (Phi) is 3.03. The maximum absolute atomic E-state index is 11.5. The summed E-state index contributed by atoms with van der Waals surface area (Å²) in [6.07, 6.45) is 1.39. The van der Waals surface area contributed by atoms with Gasteiger partial charge in [0.1, 0.15) is 12.0 Å². The van der Waals surface area contributed by atoms with Crippen LogP contribution in [0.1, 0.15) is 26.2 Å². The smallest absolute Gasteiger partial charge is 0.313 e. The van der Waals surface area contributed by atoms with Crippen molar-refractivity contribution in [1.29, 1.82) is 0 Å². The van der Waals surface area contributed by atoms with Crippen LogP contribution in [0.4, 0.5) is 0 Å². The van der Waals surface area contributed by atoms with Crippen molar-refractivity contribution in [2.45, 2.75) is 31.8 Å². The van der Waals surface area contributed by atoms with E-state index in [1.807, 2.05) is 0 Å². The fourth-order valence-corrected chi connectivity index (χ4v) is 1.39. The number of carbonyl (C=O) groups excluding carboxylic acids is 2. The van der Waals surface area contributed by atoms with Gasteiger partial charge in [-0.1, -0.05) is 0 Å². The number of carbonyl (C=O) groups is 2. The van der Waals surface area contributed by atoms with E-state index in [1.165, 1.54) is 7.11 Å². The first-order chi connectivity index (χ1) is 6.08. The molecular formula is C9H14O4. The standard InChI is InChI=1S/C9H14O4/c1-9(4-3-5-13-9)7(10)6-8(11)12-2/h3-6H2,1-2H3. The first kappa shape index (κ1) is 10.2. The molecule has 1 unspecified atom stereocenters. The third-order valence-corrected chi connectivity index (χ3v) is 2.34. The Morgan fingerprint density at radius 3 is 2.69 bits per heavy atom. The lowest BCUT2D eigenvalue weighted by atomic mass is 9.95. The first-order valence-corrected chi connectivity index (χ1v) is 4.32. The number of hydrogen-bond donors (Lipinski definition) is 0. The molecule has 0 aliphatic carbocycles. The summed E-state index contributed by atoms with van der Waals surface area (Å²) in [6, 6.07) is 0. The monoisotopic (exact) mass is 186 g/mol. The van der Waals surface area contributed by atoms with Crippen LogP contribution in [0.25, 0.3) is 0 Å². The molecule has 1 rings (SSSR count). The van der Waals surface area contributed by atoms with Crippen molar-refractivity contribution < 1.29 is 19.1 Å². The minimum absolute atomic E-state index is 0.183. The molecule has 74 valence electrons. The topological polar surface area (TPSA) is 52.6 Å². The van der Waals surface area contributed by atoms with Gasteiger partial charge in [-0.25, -0.2) is 0 Å². The van der Waals surface area contributed by atoms with Gasteiger partial charge in [0, 0.05) is 6.61 Å². The van der Waals surface area contributed by atoms with Gasteiger partial charge in [-0.05, 0) is 19.8 Å². The molecule has 0 aromatic carbocycles. The van der Waals surface area contributed by atoms with Crippen LogP contribution in [-0.2, 0) is 19.1 Å². The number of ether oxygens (including phenoxy) is 2. The molecule has 0 aromatic rings. The Balaban J connectivity index is 2.51. The lowest BCUT2D eigenvalue weighted by Gasteiger charge is -2.20. The van der Waals surface area contributed by atoms with Crippen LogP contribution in [0.2, 0.25) is 0 Å². The van der Waals surface area contributed by atoms with Crippen molar-refractivity contribution in [1.82, 2.24) is 0 Å². The zero-order chi connectivity index (χ0) is 9.90. The number of ketones is 1. The number of methoxy groups -OCH3 is 1. The Bertz CT molecular complexity index is 216. The minimum atomic E-state index is -0.756. The van der Waals surface area contributed by atoms with E-state index in [4.69, 9.17) is 4.74 Å². The SMILES string of the molecule is COC(=O)CC(=O)C1(C)CCCO1. The van der Waals surface area contributed by atoms with Gasteiger partial charge in [-0.3, -0.25) is 9.59 Å². The van der Waals surface area contributed by atoms with Gasteiger partial charge in [-0.2, -0.15) is 0 Å². The summed E-state index contributed by atoms with van der Waals surface area (Å²) in [5, 5.41) is 0. The maximum Gasteiger partial charge on any atom is 0.313 e. The van der Waals surface area contributed by atoms with E-state index in [9.17, 15) is 9.59 Å². The van der Waals surface area contributed by atoms with Crippen LogP contribution in [0.3, 0.4) is 0 Å². The molecule has 0 spiro atoms. The second kappa shape index (κ2) is 3.87. The first-order valence-electron chi connectivity index (χ1n) is 4.32. The van der Waals surface area contributed by atoms with Crippen LogP contribution in [0.15, 0.2) is 0 Å². The van der Waals surface area contributed by atoms with E-state index in [-0.39, 0.29) is 12.2 Å². The van der Waals surface area contributed by atoms with E-state index >= 15 is 0 Å². The highest BCUT2D eigenvalue weighted by Crippen LogP contribution is 2.26. The highest BCUT2D eigenvalue weighted by molar-refractivity contribution is 6.00. The average Bonchev–Trinajstić information content (AvgIpc) is 2.53. The van der Waals surface area contributed by atoms with Crippen molar-refractivity contribution in [3.63, 3.8) is 0 Å². The van der Waals surface area contributed by atoms with Crippen molar-refractivity contribution in [2.75, 3.05) is 13.7 Å². The molecule has 0 saturated carbocycles. The quantitative estimate of drug-likeness (QED) is 0.480. The number of Topliss-reactive ketones (excluding diaryl/α,β-unsaturated/α-hetero) is 1. The zero-order valence-electron chi connectivity index (χ0n) is 7.96. The molecule has 1 saturated heterocycles. The molecule has 4 heteroatoms. The fraction of sp³-hybridized carbons (Fsp3) is 0.778. The van der Waals surface area contributed by atoms with Crippen molar-refractivity contribution >= 4 is 11.8 Å². The predicted molar refractivity (Wildman–Crippen MR) is 45.2 cm³/mol. The zero-order valence-corrected chi connectivity index (χ0v) is 7.96. The maximum atomic E-state index is 11.5. The Labute approximate surface area is 77.2 Å². The molecule has 1 atom stereocenters. The summed E-state index contributed by atoms with van der Waals surface area (Å²) >= 11 is 0. The average molecular weight is 186 g/mol. The lowest BCUT2D eigenvalue weighted by molar-refractivity contribution is -0.149. The molecule has 0 radical (unpaired) electrons. The van der Waals surface area contributed by atoms with Gasteiger partial charge in [0.2, 0.25) is 0 Å². The third kappa shape index (κ3) is 2.28. The van der Waals surface area contributed by atoms with E-state index in [2.05, 4.69) is 4.74 Å². The number of hydrogen-bond acceptors (Lipinski definition) is 4. The summed E-state index contributed by atoms with van der Waals surface area (Å²) in [4.78, 5) is 22.3. The molecule has 0 amide bonds. The van der Waals surface area contributed by atoms with Crippen molar-refractivity contribution in [2.24, 2.45) is 0 Å². The Morgan fingerprint density at radius 1 is 1.54 bits per heavy atom. The highest BCUT2D eigenvalue weighted by atomic mass is 16.5.